The van der Waals surface area contributed by atoms with Gasteiger partial charge in [-0.1, -0.05) is 0 Å². The summed E-state index contributed by atoms with van der Waals surface area (Å²) in [5, 5.41) is 11.3. The Labute approximate surface area is 138 Å². The van der Waals surface area contributed by atoms with Crippen molar-refractivity contribution in [1.29, 1.82) is 0 Å². The Balaban J connectivity index is 2.05. The van der Waals surface area contributed by atoms with Gasteiger partial charge in [-0.05, 0) is 31.7 Å². The molecule has 0 aromatic heterocycles. The van der Waals surface area contributed by atoms with E-state index in [1.807, 2.05) is 11.9 Å². The molecule has 0 amide bonds. The van der Waals surface area contributed by atoms with Crippen LogP contribution >= 0.6 is 0 Å². The molecule has 3 rings (SSSR count). The maximum atomic E-state index is 13.5. The fourth-order valence-corrected chi connectivity index (χ4v) is 2.88. The van der Waals surface area contributed by atoms with E-state index in [4.69, 9.17) is 9.47 Å². The maximum Gasteiger partial charge on any atom is 0.274 e. The second-order valence-electron chi connectivity index (χ2n) is 5.68. The Morgan fingerprint density at radius 1 is 1.17 bits per heavy atom. The number of methoxy groups -OCH3 is 1. The standard InChI is InChI=1S/C17H17FN2O4/c1-19-8-7-12-13(10-19)14(20(21)22)4-6-15(12)24-17-9-11(18)3-5-16(17)23-2/h3-6,9H,7-8,10H2,1-2H3. The van der Waals surface area contributed by atoms with Crippen molar-refractivity contribution >= 4 is 5.69 Å². The average molecular weight is 332 g/mol. The largest absolute Gasteiger partial charge is 0.493 e. The molecule has 0 fully saturated rings. The molecule has 2 aromatic carbocycles. The summed E-state index contributed by atoms with van der Waals surface area (Å²) in [7, 11) is 3.39. The van der Waals surface area contributed by atoms with Crippen molar-refractivity contribution in [2.24, 2.45) is 0 Å². The lowest BCUT2D eigenvalue weighted by molar-refractivity contribution is -0.385. The van der Waals surface area contributed by atoms with Crippen LogP contribution in [0, 0.1) is 15.9 Å². The summed E-state index contributed by atoms with van der Waals surface area (Å²) >= 11 is 0. The van der Waals surface area contributed by atoms with Gasteiger partial charge >= 0.3 is 0 Å². The first-order valence-electron chi connectivity index (χ1n) is 7.48. The minimum Gasteiger partial charge on any atom is -0.493 e. The Morgan fingerprint density at radius 3 is 2.62 bits per heavy atom. The van der Waals surface area contributed by atoms with Crippen molar-refractivity contribution in [2.45, 2.75) is 13.0 Å². The molecule has 1 heterocycles. The van der Waals surface area contributed by atoms with Crippen LogP contribution in [-0.4, -0.2) is 30.5 Å². The van der Waals surface area contributed by atoms with Gasteiger partial charge in [0.2, 0.25) is 0 Å². The van der Waals surface area contributed by atoms with Crippen LogP contribution in [0.15, 0.2) is 30.3 Å². The van der Waals surface area contributed by atoms with Gasteiger partial charge in [0.05, 0.1) is 17.6 Å². The Morgan fingerprint density at radius 2 is 1.92 bits per heavy atom. The Kier molecular flexibility index (Phi) is 4.35. The van der Waals surface area contributed by atoms with E-state index in [1.54, 1.807) is 6.07 Å². The SMILES string of the molecule is COc1ccc(F)cc1Oc1ccc([N+](=O)[O-])c2c1CCN(C)C2. The lowest BCUT2D eigenvalue weighted by Crippen LogP contribution is -2.27. The van der Waals surface area contributed by atoms with Crippen molar-refractivity contribution < 1.29 is 18.8 Å². The molecular formula is C17H17FN2O4. The molecule has 0 aliphatic carbocycles. The van der Waals surface area contributed by atoms with E-state index in [2.05, 4.69) is 0 Å². The second-order valence-corrected chi connectivity index (χ2v) is 5.68. The van der Waals surface area contributed by atoms with Crippen LogP contribution < -0.4 is 9.47 Å². The van der Waals surface area contributed by atoms with Gasteiger partial charge in [-0.3, -0.25) is 10.1 Å². The first-order valence-corrected chi connectivity index (χ1v) is 7.48. The number of nitro groups is 1. The summed E-state index contributed by atoms with van der Waals surface area (Å²) in [5.41, 5.74) is 1.50. The monoisotopic (exact) mass is 332 g/mol. The molecule has 0 saturated carbocycles. The summed E-state index contributed by atoms with van der Waals surface area (Å²) in [6.45, 7) is 1.24. The van der Waals surface area contributed by atoms with Gasteiger partial charge in [-0.15, -0.1) is 0 Å². The van der Waals surface area contributed by atoms with Crippen LogP contribution in [-0.2, 0) is 13.0 Å². The molecule has 126 valence electrons. The number of hydrogen-bond donors (Lipinski definition) is 0. The quantitative estimate of drug-likeness (QED) is 0.633. The van der Waals surface area contributed by atoms with Gasteiger partial charge in [0, 0.05) is 30.8 Å². The molecule has 2 aromatic rings. The van der Waals surface area contributed by atoms with Gasteiger partial charge in [-0.2, -0.15) is 0 Å². The third-order valence-electron chi connectivity index (χ3n) is 4.08. The number of likely N-dealkylation sites (N-methyl/N-ethyl adjacent to an activating group) is 1. The number of hydrogen-bond acceptors (Lipinski definition) is 5. The van der Waals surface area contributed by atoms with E-state index in [1.165, 1.54) is 31.4 Å². The number of nitro benzene ring substituents is 1. The van der Waals surface area contributed by atoms with E-state index >= 15 is 0 Å². The third-order valence-corrected chi connectivity index (χ3v) is 4.08. The summed E-state index contributed by atoms with van der Waals surface area (Å²) in [6.07, 6.45) is 0.625. The van der Waals surface area contributed by atoms with Gasteiger partial charge in [-0.25, -0.2) is 4.39 Å². The molecule has 0 spiro atoms. The van der Waals surface area contributed by atoms with Gasteiger partial charge in [0.25, 0.3) is 5.69 Å². The van der Waals surface area contributed by atoms with E-state index in [0.717, 1.165) is 12.1 Å². The molecule has 0 atom stereocenters. The zero-order valence-electron chi connectivity index (χ0n) is 13.4. The summed E-state index contributed by atoms with van der Waals surface area (Å²) in [5.74, 6) is 0.692. The number of fused-ring (bicyclic) bond motifs is 1. The number of benzene rings is 2. The molecule has 6 nitrogen and oxygen atoms in total. The Hall–Kier alpha value is -2.67. The molecular weight excluding hydrogens is 315 g/mol. The number of halogens is 1. The molecule has 0 N–H and O–H groups in total. The van der Waals surface area contributed by atoms with E-state index < -0.39 is 5.82 Å². The normalized spacial score (nSPS) is 14.1. The topological polar surface area (TPSA) is 64.8 Å². The fourth-order valence-electron chi connectivity index (χ4n) is 2.88. The number of ether oxygens (including phenoxy) is 2. The minimum atomic E-state index is -0.443. The highest BCUT2D eigenvalue weighted by molar-refractivity contribution is 5.55. The maximum absolute atomic E-state index is 13.5. The van der Waals surface area contributed by atoms with E-state index in [-0.39, 0.29) is 16.4 Å². The smallest absolute Gasteiger partial charge is 0.274 e. The first kappa shape index (κ1) is 16.2. The highest BCUT2D eigenvalue weighted by Gasteiger charge is 2.26. The predicted molar refractivity (Wildman–Crippen MR) is 86.2 cm³/mol. The van der Waals surface area contributed by atoms with E-state index in [9.17, 15) is 14.5 Å². The molecule has 0 bridgehead atoms. The molecule has 24 heavy (non-hydrogen) atoms. The third kappa shape index (κ3) is 3.03. The summed E-state index contributed by atoms with van der Waals surface area (Å²) < 4.78 is 24.5. The highest BCUT2D eigenvalue weighted by Crippen LogP contribution is 2.39. The zero-order valence-corrected chi connectivity index (χ0v) is 13.4. The van der Waals surface area contributed by atoms with Crippen LogP contribution in [0.1, 0.15) is 11.1 Å². The lowest BCUT2D eigenvalue weighted by Gasteiger charge is -2.26. The molecule has 0 radical (unpaired) electrons. The van der Waals surface area contributed by atoms with Gasteiger partial charge < -0.3 is 14.4 Å². The predicted octanol–water partition coefficient (Wildman–Crippen LogP) is 3.52. The van der Waals surface area contributed by atoms with Gasteiger partial charge in [0.1, 0.15) is 11.6 Å². The summed E-state index contributed by atoms with van der Waals surface area (Å²) in [4.78, 5) is 12.9. The van der Waals surface area contributed by atoms with Crippen LogP contribution in [0.3, 0.4) is 0 Å². The summed E-state index contributed by atoms with van der Waals surface area (Å²) in [6, 6.07) is 7.00. The fraction of sp³-hybridized carbons (Fsp3) is 0.294. The van der Waals surface area contributed by atoms with Crippen molar-refractivity contribution in [1.82, 2.24) is 4.90 Å². The lowest BCUT2D eigenvalue weighted by atomic mass is 9.97. The minimum absolute atomic E-state index is 0.0788. The Bertz CT molecular complexity index is 794. The van der Waals surface area contributed by atoms with Crippen molar-refractivity contribution in [3.63, 3.8) is 0 Å². The van der Waals surface area contributed by atoms with Crippen LogP contribution in [0.5, 0.6) is 17.2 Å². The second kappa shape index (κ2) is 6.45. The number of nitrogens with zero attached hydrogens (tertiary/aromatic N) is 2. The van der Waals surface area contributed by atoms with Crippen molar-refractivity contribution in [2.75, 3.05) is 20.7 Å². The van der Waals surface area contributed by atoms with Crippen molar-refractivity contribution in [3.8, 4) is 17.2 Å². The van der Waals surface area contributed by atoms with Crippen LogP contribution in [0.2, 0.25) is 0 Å². The molecule has 1 aliphatic heterocycles. The molecule has 0 unspecified atom stereocenters. The molecule has 1 aliphatic rings. The zero-order chi connectivity index (χ0) is 17.3. The highest BCUT2D eigenvalue weighted by atomic mass is 19.1. The van der Waals surface area contributed by atoms with Crippen LogP contribution in [0.25, 0.3) is 0 Å². The first-order chi connectivity index (χ1) is 11.5. The van der Waals surface area contributed by atoms with Gasteiger partial charge in [0.15, 0.2) is 11.5 Å². The van der Waals surface area contributed by atoms with Crippen molar-refractivity contribution in [3.05, 3.63) is 57.4 Å². The molecule has 0 saturated heterocycles. The number of rotatable bonds is 4. The van der Waals surface area contributed by atoms with Crippen LogP contribution in [0.4, 0.5) is 10.1 Å². The average Bonchev–Trinajstić information content (AvgIpc) is 2.54. The molecule has 7 heteroatoms. The van der Waals surface area contributed by atoms with E-state index in [0.29, 0.717) is 30.0 Å².